The van der Waals surface area contributed by atoms with Gasteiger partial charge in [0.05, 0.1) is 5.92 Å². The van der Waals surface area contributed by atoms with Crippen LogP contribution in [0.5, 0.6) is 0 Å². The molecule has 0 radical (unpaired) electrons. The molecular formula is C15H24N2O3. The number of rotatable bonds is 6. The Labute approximate surface area is 119 Å². The van der Waals surface area contributed by atoms with Gasteiger partial charge in [0.2, 0.25) is 0 Å². The summed E-state index contributed by atoms with van der Waals surface area (Å²) in [4.78, 5) is 22.9. The average Bonchev–Trinajstić information content (AvgIpc) is 2.82. The van der Waals surface area contributed by atoms with E-state index in [9.17, 15) is 9.59 Å². The van der Waals surface area contributed by atoms with Gasteiger partial charge in [-0.1, -0.05) is 13.3 Å². The number of hydrogen-bond donors (Lipinski definition) is 3. The van der Waals surface area contributed by atoms with E-state index in [0.717, 1.165) is 18.3 Å². The highest BCUT2D eigenvalue weighted by atomic mass is 16.4. The van der Waals surface area contributed by atoms with Crippen molar-refractivity contribution in [2.75, 3.05) is 6.54 Å². The van der Waals surface area contributed by atoms with Crippen molar-refractivity contribution in [3.8, 4) is 0 Å². The van der Waals surface area contributed by atoms with Crippen molar-refractivity contribution in [1.29, 1.82) is 0 Å². The zero-order chi connectivity index (χ0) is 14.3. The largest absolute Gasteiger partial charge is 0.481 e. The number of amides is 2. The molecule has 0 aromatic rings. The lowest BCUT2D eigenvalue weighted by atomic mass is 10.0. The third kappa shape index (κ3) is 2.38. The van der Waals surface area contributed by atoms with Crippen molar-refractivity contribution in [1.82, 2.24) is 10.6 Å². The Morgan fingerprint density at radius 2 is 1.90 bits per heavy atom. The minimum atomic E-state index is -0.825. The topological polar surface area (TPSA) is 78.4 Å². The number of carboxylic acids is 1. The molecule has 5 unspecified atom stereocenters. The van der Waals surface area contributed by atoms with Crippen LogP contribution in [0.1, 0.15) is 39.0 Å². The van der Waals surface area contributed by atoms with Gasteiger partial charge in [0.25, 0.3) is 0 Å². The molecule has 20 heavy (non-hydrogen) atoms. The summed E-state index contributed by atoms with van der Waals surface area (Å²) in [6, 6.07) is 0.168. The van der Waals surface area contributed by atoms with Crippen molar-refractivity contribution >= 4 is 12.0 Å². The van der Waals surface area contributed by atoms with E-state index in [4.69, 9.17) is 5.11 Å². The molecule has 3 aliphatic rings. The van der Waals surface area contributed by atoms with E-state index in [1.54, 1.807) is 0 Å². The molecule has 2 bridgehead atoms. The van der Waals surface area contributed by atoms with E-state index in [1.165, 1.54) is 19.3 Å². The molecular weight excluding hydrogens is 256 g/mol. The first kappa shape index (κ1) is 13.7. The summed E-state index contributed by atoms with van der Waals surface area (Å²) in [5.74, 6) is 1.80. The fourth-order valence-electron chi connectivity index (χ4n) is 4.60. The van der Waals surface area contributed by atoms with E-state index in [0.29, 0.717) is 24.3 Å². The molecule has 5 heteroatoms. The normalized spacial score (nSPS) is 38.1. The van der Waals surface area contributed by atoms with Crippen LogP contribution in [0, 0.1) is 29.6 Å². The number of nitrogens with one attached hydrogen (secondary N) is 2. The van der Waals surface area contributed by atoms with E-state index in [1.807, 2.05) is 6.92 Å². The molecule has 3 saturated carbocycles. The van der Waals surface area contributed by atoms with E-state index in [2.05, 4.69) is 10.6 Å². The second-order valence-electron chi connectivity index (χ2n) is 6.69. The second kappa shape index (κ2) is 5.26. The summed E-state index contributed by atoms with van der Waals surface area (Å²) in [7, 11) is 0. The zero-order valence-electron chi connectivity index (χ0n) is 12.0. The van der Waals surface area contributed by atoms with Crippen LogP contribution in [0.3, 0.4) is 0 Å². The van der Waals surface area contributed by atoms with Crippen LogP contribution in [-0.2, 0) is 4.79 Å². The van der Waals surface area contributed by atoms with Gasteiger partial charge in [0, 0.05) is 12.6 Å². The molecule has 0 spiro atoms. The van der Waals surface area contributed by atoms with Gasteiger partial charge >= 0.3 is 12.0 Å². The summed E-state index contributed by atoms with van der Waals surface area (Å²) in [6.07, 6.45) is 5.46. The molecule has 0 saturated heterocycles. The Morgan fingerprint density at radius 1 is 1.25 bits per heavy atom. The van der Waals surface area contributed by atoms with Gasteiger partial charge in [-0.15, -0.1) is 0 Å². The van der Waals surface area contributed by atoms with Crippen LogP contribution in [-0.4, -0.2) is 29.7 Å². The van der Waals surface area contributed by atoms with Crippen LogP contribution >= 0.6 is 0 Å². The summed E-state index contributed by atoms with van der Waals surface area (Å²) in [5, 5.41) is 14.8. The SMILES string of the molecule is CCCC(CNC(=O)NC1C2C3CCC(C3)C12)C(=O)O. The maximum absolute atomic E-state index is 11.9. The molecule has 0 aromatic carbocycles. The highest BCUT2D eigenvalue weighted by Gasteiger charge is 2.65. The first-order valence-corrected chi connectivity index (χ1v) is 7.89. The number of carbonyl (C=O) groups is 2. The Morgan fingerprint density at radius 3 is 2.45 bits per heavy atom. The molecule has 5 atom stereocenters. The monoisotopic (exact) mass is 280 g/mol. The lowest BCUT2D eigenvalue weighted by Gasteiger charge is -2.14. The van der Waals surface area contributed by atoms with Crippen molar-refractivity contribution in [2.45, 2.75) is 45.1 Å². The Bertz CT molecular complexity index is 396. The predicted molar refractivity (Wildman–Crippen MR) is 74.2 cm³/mol. The summed E-state index contributed by atoms with van der Waals surface area (Å²) in [5.41, 5.74) is 0. The number of aliphatic carboxylic acids is 1. The van der Waals surface area contributed by atoms with Gasteiger partial charge in [-0.25, -0.2) is 4.79 Å². The van der Waals surface area contributed by atoms with E-state index in [-0.39, 0.29) is 12.6 Å². The van der Waals surface area contributed by atoms with Gasteiger partial charge < -0.3 is 15.7 Å². The van der Waals surface area contributed by atoms with Crippen molar-refractivity contribution in [3.63, 3.8) is 0 Å². The van der Waals surface area contributed by atoms with Gasteiger partial charge in [0.15, 0.2) is 0 Å². The van der Waals surface area contributed by atoms with Gasteiger partial charge in [0.1, 0.15) is 0 Å². The number of urea groups is 1. The molecule has 0 aliphatic heterocycles. The van der Waals surface area contributed by atoms with Crippen molar-refractivity contribution in [3.05, 3.63) is 0 Å². The van der Waals surface area contributed by atoms with Crippen molar-refractivity contribution in [2.24, 2.45) is 29.6 Å². The van der Waals surface area contributed by atoms with Gasteiger partial charge in [-0.05, 0) is 49.4 Å². The molecule has 3 rings (SSSR count). The van der Waals surface area contributed by atoms with Crippen molar-refractivity contribution < 1.29 is 14.7 Å². The number of carboxylic acid groups (broad SMARTS) is 1. The number of fused-ring (bicyclic) bond motifs is 5. The smallest absolute Gasteiger partial charge is 0.315 e. The Kier molecular flexibility index (Phi) is 3.61. The van der Waals surface area contributed by atoms with Gasteiger partial charge in [-0.2, -0.15) is 0 Å². The highest BCUT2D eigenvalue weighted by molar-refractivity contribution is 5.76. The maximum atomic E-state index is 11.9. The van der Waals surface area contributed by atoms with Crippen LogP contribution in [0.25, 0.3) is 0 Å². The summed E-state index contributed by atoms with van der Waals surface area (Å²) < 4.78 is 0. The number of hydrogen-bond acceptors (Lipinski definition) is 2. The third-order valence-corrected chi connectivity index (χ3v) is 5.53. The first-order chi connectivity index (χ1) is 9.61. The molecule has 3 aliphatic carbocycles. The standard InChI is InChI=1S/C15H24N2O3/c1-2-3-10(14(18)19)7-16-15(20)17-13-11-8-4-5-9(6-8)12(11)13/h8-13H,2-7H2,1H3,(H,18,19)(H2,16,17,20). The van der Waals surface area contributed by atoms with Crippen LogP contribution in [0.15, 0.2) is 0 Å². The lowest BCUT2D eigenvalue weighted by Crippen LogP contribution is -2.42. The minimum absolute atomic E-state index is 0.189. The average molecular weight is 280 g/mol. The second-order valence-corrected chi connectivity index (χ2v) is 6.69. The van der Waals surface area contributed by atoms with E-state index < -0.39 is 11.9 Å². The molecule has 3 fully saturated rings. The van der Waals surface area contributed by atoms with Crippen LogP contribution < -0.4 is 10.6 Å². The van der Waals surface area contributed by atoms with E-state index >= 15 is 0 Å². The fraction of sp³-hybridized carbons (Fsp3) is 0.867. The Hall–Kier alpha value is -1.26. The minimum Gasteiger partial charge on any atom is -0.481 e. The van der Waals surface area contributed by atoms with Crippen LogP contribution in [0.4, 0.5) is 4.79 Å². The maximum Gasteiger partial charge on any atom is 0.315 e. The zero-order valence-corrected chi connectivity index (χ0v) is 12.0. The highest BCUT2D eigenvalue weighted by Crippen LogP contribution is 2.65. The summed E-state index contributed by atoms with van der Waals surface area (Å²) >= 11 is 0. The fourth-order valence-corrected chi connectivity index (χ4v) is 4.60. The third-order valence-electron chi connectivity index (χ3n) is 5.53. The Balaban J connectivity index is 1.41. The number of carbonyl (C=O) groups excluding carboxylic acids is 1. The molecule has 3 N–H and O–H groups in total. The molecule has 5 nitrogen and oxygen atoms in total. The van der Waals surface area contributed by atoms with Crippen LogP contribution in [0.2, 0.25) is 0 Å². The molecule has 2 amide bonds. The molecule has 0 heterocycles. The lowest BCUT2D eigenvalue weighted by molar-refractivity contribution is -0.141. The molecule has 112 valence electrons. The predicted octanol–water partition coefficient (Wildman–Crippen LogP) is 1.83. The van der Waals surface area contributed by atoms with Gasteiger partial charge in [-0.3, -0.25) is 4.79 Å². The first-order valence-electron chi connectivity index (χ1n) is 7.89. The molecule has 0 aromatic heterocycles. The summed E-state index contributed by atoms with van der Waals surface area (Å²) in [6.45, 7) is 2.18. The quantitative estimate of drug-likeness (QED) is 0.694.